The Morgan fingerprint density at radius 1 is 1.12 bits per heavy atom. The lowest BCUT2D eigenvalue weighted by Crippen LogP contribution is -2.42. The molecule has 0 bridgehead atoms. The number of carbonyl (C=O) groups is 1. The third kappa shape index (κ3) is 4.64. The lowest BCUT2D eigenvalue weighted by molar-refractivity contribution is -0.122. The number of piperidine rings is 1. The van der Waals surface area contributed by atoms with E-state index >= 15 is 0 Å². The number of fused-ring (bicyclic) bond motifs is 1. The molecule has 32 heavy (non-hydrogen) atoms. The molecule has 0 aliphatic carbocycles. The van der Waals surface area contributed by atoms with Gasteiger partial charge in [0, 0.05) is 29.6 Å². The SMILES string of the molecule is Cc1ccc2c(C(C)C(=O)NCc3cc(C(C)(C)C)nn3N3CCCCC3)cccc2n1. The van der Waals surface area contributed by atoms with E-state index in [9.17, 15) is 4.79 Å². The lowest BCUT2D eigenvalue weighted by atomic mass is 9.92. The van der Waals surface area contributed by atoms with E-state index in [0.29, 0.717) is 6.54 Å². The molecule has 6 nitrogen and oxygen atoms in total. The second-order valence-electron chi connectivity index (χ2n) is 9.98. The van der Waals surface area contributed by atoms with Crippen molar-refractivity contribution < 1.29 is 4.79 Å². The smallest absolute Gasteiger partial charge is 0.227 e. The van der Waals surface area contributed by atoms with Crippen molar-refractivity contribution in [2.45, 2.75) is 71.8 Å². The van der Waals surface area contributed by atoms with Crippen LogP contribution in [0, 0.1) is 6.92 Å². The third-order valence-electron chi connectivity index (χ3n) is 6.34. The van der Waals surface area contributed by atoms with Gasteiger partial charge in [0.15, 0.2) is 0 Å². The van der Waals surface area contributed by atoms with Crippen molar-refractivity contribution in [2.24, 2.45) is 0 Å². The summed E-state index contributed by atoms with van der Waals surface area (Å²) in [4.78, 5) is 19.8. The van der Waals surface area contributed by atoms with Crippen molar-refractivity contribution in [3.63, 3.8) is 0 Å². The van der Waals surface area contributed by atoms with Gasteiger partial charge in [0.05, 0.1) is 29.4 Å². The van der Waals surface area contributed by atoms with Crippen molar-refractivity contribution in [2.75, 3.05) is 18.1 Å². The number of amides is 1. The summed E-state index contributed by atoms with van der Waals surface area (Å²) in [6, 6.07) is 12.2. The van der Waals surface area contributed by atoms with Crippen LogP contribution in [0.25, 0.3) is 10.9 Å². The molecular weight excluding hydrogens is 398 g/mol. The van der Waals surface area contributed by atoms with E-state index in [4.69, 9.17) is 5.10 Å². The van der Waals surface area contributed by atoms with Crippen LogP contribution in [0.5, 0.6) is 0 Å². The van der Waals surface area contributed by atoms with Crippen LogP contribution in [0.4, 0.5) is 0 Å². The van der Waals surface area contributed by atoms with E-state index in [1.807, 2.05) is 42.9 Å². The Morgan fingerprint density at radius 3 is 2.59 bits per heavy atom. The molecule has 1 fully saturated rings. The van der Waals surface area contributed by atoms with Gasteiger partial charge in [0.1, 0.15) is 0 Å². The van der Waals surface area contributed by atoms with Crippen LogP contribution in [0.15, 0.2) is 36.4 Å². The number of hydrogen-bond acceptors (Lipinski definition) is 4. The molecule has 1 N–H and O–H groups in total. The molecule has 2 aromatic heterocycles. The monoisotopic (exact) mass is 433 g/mol. The zero-order valence-electron chi connectivity index (χ0n) is 20.0. The molecule has 6 heteroatoms. The summed E-state index contributed by atoms with van der Waals surface area (Å²) >= 11 is 0. The zero-order valence-corrected chi connectivity index (χ0v) is 20.0. The molecule has 1 aliphatic rings. The van der Waals surface area contributed by atoms with Crippen LogP contribution >= 0.6 is 0 Å². The summed E-state index contributed by atoms with van der Waals surface area (Å²) in [5.41, 5.74) is 4.96. The van der Waals surface area contributed by atoms with Gasteiger partial charge in [-0.05, 0) is 56.9 Å². The predicted octanol–water partition coefficient (Wildman–Crippen LogP) is 4.58. The summed E-state index contributed by atoms with van der Waals surface area (Å²) in [5.74, 6) is -0.251. The first-order valence-corrected chi connectivity index (χ1v) is 11.7. The number of aryl methyl sites for hydroxylation is 1. The van der Waals surface area contributed by atoms with Crippen molar-refractivity contribution in [1.29, 1.82) is 0 Å². The van der Waals surface area contributed by atoms with Gasteiger partial charge >= 0.3 is 0 Å². The van der Waals surface area contributed by atoms with Gasteiger partial charge in [-0.3, -0.25) is 14.8 Å². The van der Waals surface area contributed by atoms with E-state index in [1.54, 1.807) is 0 Å². The van der Waals surface area contributed by atoms with Crippen LogP contribution in [0.3, 0.4) is 0 Å². The summed E-state index contributed by atoms with van der Waals surface area (Å²) in [6.45, 7) is 13.0. The molecule has 0 saturated carbocycles. The Kier molecular flexibility index (Phi) is 6.22. The summed E-state index contributed by atoms with van der Waals surface area (Å²) in [7, 11) is 0. The first-order chi connectivity index (χ1) is 15.2. The molecule has 0 spiro atoms. The fraction of sp³-hybridized carbons (Fsp3) is 0.500. The molecule has 1 saturated heterocycles. The number of nitrogens with one attached hydrogen (secondary N) is 1. The maximum atomic E-state index is 13.1. The molecule has 3 aromatic rings. The average molecular weight is 434 g/mol. The second-order valence-corrected chi connectivity index (χ2v) is 9.98. The zero-order chi connectivity index (χ0) is 22.9. The number of benzene rings is 1. The highest BCUT2D eigenvalue weighted by Gasteiger charge is 2.24. The van der Waals surface area contributed by atoms with Gasteiger partial charge in [0.2, 0.25) is 5.91 Å². The number of pyridine rings is 1. The Hall–Kier alpha value is -2.89. The maximum Gasteiger partial charge on any atom is 0.227 e. The van der Waals surface area contributed by atoms with Crippen LogP contribution in [-0.2, 0) is 16.8 Å². The number of rotatable bonds is 5. The fourth-order valence-electron chi connectivity index (χ4n) is 4.34. The van der Waals surface area contributed by atoms with Gasteiger partial charge < -0.3 is 5.32 Å². The number of aromatic nitrogens is 3. The maximum absolute atomic E-state index is 13.1. The van der Waals surface area contributed by atoms with E-state index in [2.05, 4.69) is 48.2 Å². The van der Waals surface area contributed by atoms with Gasteiger partial charge in [0.25, 0.3) is 0 Å². The first kappa shape index (κ1) is 22.3. The van der Waals surface area contributed by atoms with Gasteiger partial charge in [-0.2, -0.15) is 9.89 Å². The molecular formula is C26H35N5O. The van der Waals surface area contributed by atoms with Crippen molar-refractivity contribution in [1.82, 2.24) is 20.2 Å². The van der Waals surface area contributed by atoms with Gasteiger partial charge in [-0.25, -0.2) is 0 Å². The molecule has 1 amide bonds. The Bertz CT molecular complexity index is 1110. The minimum Gasteiger partial charge on any atom is -0.350 e. The van der Waals surface area contributed by atoms with E-state index < -0.39 is 0 Å². The summed E-state index contributed by atoms with van der Waals surface area (Å²) in [6.07, 6.45) is 3.64. The van der Waals surface area contributed by atoms with Gasteiger partial charge in [-0.15, -0.1) is 0 Å². The second kappa shape index (κ2) is 8.93. The first-order valence-electron chi connectivity index (χ1n) is 11.7. The molecule has 1 atom stereocenters. The van der Waals surface area contributed by atoms with E-state index in [0.717, 1.165) is 46.6 Å². The molecule has 1 aromatic carbocycles. The Morgan fingerprint density at radius 2 is 1.88 bits per heavy atom. The highest BCUT2D eigenvalue weighted by atomic mass is 16.1. The van der Waals surface area contributed by atoms with Gasteiger partial charge in [-0.1, -0.05) is 39.0 Å². The van der Waals surface area contributed by atoms with Crippen molar-refractivity contribution in [3.8, 4) is 0 Å². The topological polar surface area (TPSA) is 63.1 Å². The standard InChI is InChI=1S/C26H35N5O/c1-18-12-13-22-21(10-9-11-23(22)28-18)19(2)25(32)27-17-20-16-24(26(3,4)5)29-31(20)30-14-7-6-8-15-30/h9-13,16,19H,6-8,14-15,17H2,1-5H3,(H,27,32). The summed E-state index contributed by atoms with van der Waals surface area (Å²) < 4.78 is 0. The van der Waals surface area contributed by atoms with Crippen molar-refractivity contribution in [3.05, 3.63) is 59.0 Å². The number of nitrogens with zero attached hydrogens (tertiary/aromatic N) is 4. The molecule has 0 radical (unpaired) electrons. The number of carbonyl (C=O) groups excluding carboxylic acids is 1. The fourth-order valence-corrected chi connectivity index (χ4v) is 4.34. The van der Waals surface area contributed by atoms with Crippen LogP contribution in [-0.4, -0.2) is 33.9 Å². The Labute approximate surface area is 191 Å². The van der Waals surface area contributed by atoms with E-state index in [-0.39, 0.29) is 17.2 Å². The highest BCUT2D eigenvalue weighted by molar-refractivity contribution is 5.91. The quantitative estimate of drug-likeness (QED) is 0.640. The normalized spacial score (nSPS) is 15.7. The molecule has 3 heterocycles. The molecule has 170 valence electrons. The molecule has 1 unspecified atom stereocenters. The van der Waals surface area contributed by atoms with Crippen LogP contribution < -0.4 is 10.3 Å². The Balaban J connectivity index is 1.54. The molecule has 1 aliphatic heterocycles. The minimum atomic E-state index is -0.267. The summed E-state index contributed by atoms with van der Waals surface area (Å²) in [5, 5.41) is 11.4. The van der Waals surface area contributed by atoms with E-state index in [1.165, 1.54) is 19.3 Å². The molecule has 4 rings (SSSR count). The number of hydrogen-bond donors (Lipinski definition) is 1. The largest absolute Gasteiger partial charge is 0.350 e. The lowest BCUT2D eigenvalue weighted by Gasteiger charge is -2.30. The predicted molar refractivity (Wildman–Crippen MR) is 129 cm³/mol. The van der Waals surface area contributed by atoms with Crippen LogP contribution in [0.2, 0.25) is 0 Å². The minimum absolute atomic E-state index is 0.0155. The third-order valence-corrected chi connectivity index (χ3v) is 6.34. The van der Waals surface area contributed by atoms with Crippen LogP contribution in [0.1, 0.15) is 75.5 Å². The average Bonchev–Trinajstić information content (AvgIpc) is 3.22. The van der Waals surface area contributed by atoms with Crippen molar-refractivity contribution >= 4 is 16.8 Å². The highest BCUT2D eigenvalue weighted by Crippen LogP contribution is 2.26.